The maximum absolute atomic E-state index is 12.4. The van der Waals surface area contributed by atoms with E-state index in [1.165, 1.54) is 12.1 Å². The first-order valence-corrected chi connectivity index (χ1v) is 8.03. The first-order chi connectivity index (χ1) is 10.8. The van der Waals surface area contributed by atoms with Gasteiger partial charge in [0.1, 0.15) is 0 Å². The highest BCUT2D eigenvalue weighted by Gasteiger charge is 2.23. The summed E-state index contributed by atoms with van der Waals surface area (Å²) in [5.41, 5.74) is 1.17. The van der Waals surface area contributed by atoms with Crippen LogP contribution in [0.2, 0.25) is 0 Å². The number of amides is 1. The van der Waals surface area contributed by atoms with Gasteiger partial charge in [0.15, 0.2) is 0 Å². The topological polar surface area (TPSA) is 66.8 Å². The zero-order chi connectivity index (χ0) is 15.2. The van der Waals surface area contributed by atoms with Crippen molar-refractivity contribution in [3.8, 4) is 0 Å². The second-order valence-electron chi connectivity index (χ2n) is 6.04. The number of likely N-dealkylation sites (tertiary alicyclic amines) is 1. The molecule has 1 aliphatic heterocycles. The van der Waals surface area contributed by atoms with Crippen molar-refractivity contribution in [2.75, 3.05) is 13.1 Å². The van der Waals surface area contributed by atoms with E-state index in [1.54, 1.807) is 18.7 Å². The van der Waals surface area contributed by atoms with Crippen molar-refractivity contribution in [3.05, 3.63) is 36.7 Å². The average Bonchev–Trinajstić information content (AvgIpc) is 3.21. The Kier molecular flexibility index (Phi) is 4.88. The Morgan fingerprint density at radius 3 is 3.14 bits per heavy atom. The van der Waals surface area contributed by atoms with Gasteiger partial charge in [0.2, 0.25) is 5.91 Å². The predicted molar refractivity (Wildman–Crippen MR) is 83.1 cm³/mol. The van der Waals surface area contributed by atoms with Crippen LogP contribution in [0.1, 0.15) is 31.4 Å². The van der Waals surface area contributed by atoms with E-state index < -0.39 is 0 Å². The van der Waals surface area contributed by atoms with Crippen LogP contribution < -0.4 is 0 Å². The largest absolute Gasteiger partial charge is 0.342 e. The van der Waals surface area contributed by atoms with Crippen LogP contribution in [0.5, 0.6) is 0 Å². The third kappa shape index (κ3) is 3.96. The zero-order valence-electron chi connectivity index (χ0n) is 12.8. The second-order valence-corrected chi connectivity index (χ2v) is 6.04. The van der Waals surface area contributed by atoms with Crippen molar-refractivity contribution in [2.45, 2.75) is 38.6 Å². The standard InChI is InChI=1S/C16H23N5O/c22-16(4-2-8-20-10-7-17-13-20)21-9-1-3-14(12-21)11-15-5-6-18-19-15/h5-7,10,13-14H,1-4,8-9,11-12H2,(H,18,19)/t14-/m1/s1. The molecule has 0 unspecified atom stereocenters. The van der Waals surface area contributed by atoms with E-state index in [4.69, 9.17) is 0 Å². The van der Waals surface area contributed by atoms with Crippen molar-refractivity contribution >= 4 is 5.91 Å². The summed E-state index contributed by atoms with van der Waals surface area (Å²) in [6, 6.07) is 2.02. The number of piperidine rings is 1. The van der Waals surface area contributed by atoms with Gasteiger partial charge in [0, 0.05) is 50.3 Å². The molecular weight excluding hydrogens is 278 g/mol. The molecule has 1 N–H and O–H groups in total. The molecule has 6 nitrogen and oxygen atoms in total. The molecule has 118 valence electrons. The first-order valence-electron chi connectivity index (χ1n) is 8.03. The fourth-order valence-corrected chi connectivity index (χ4v) is 3.16. The first kappa shape index (κ1) is 14.8. The summed E-state index contributed by atoms with van der Waals surface area (Å²) in [4.78, 5) is 18.4. The summed E-state index contributed by atoms with van der Waals surface area (Å²) < 4.78 is 2.02. The van der Waals surface area contributed by atoms with Gasteiger partial charge >= 0.3 is 0 Å². The summed E-state index contributed by atoms with van der Waals surface area (Å²) in [7, 11) is 0. The van der Waals surface area contributed by atoms with Crippen molar-refractivity contribution in [1.82, 2.24) is 24.6 Å². The van der Waals surface area contributed by atoms with Gasteiger partial charge in [0.05, 0.1) is 6.33 Å². The number of nitrogens with one attached hydrogen (secondary N) is 1. The number of aromatic nitrogens is 4. The highest BCUT2D eigenvalue weighted by Crippen LogP contribution is 2.20. The molecule has 6 heteroatoms. The predicted octanol–water partition coefficient (Wildman–Crippen LogP) is 1.87. The van der Waals surface area contributed by atoms with Gasteiger partial charge in [-0.3, -0.25) is 9.89 Å². The monoisotopic (exact) mass is 301 g/mol. The lowest BCUT2D eigenvalue weighted by atomic mass is 9.93. The molecule has 22 heavy (non-hydrogen) atoms. The van der Waals surface area contributed by atoms with Gasteiger partial charge in [-0.1, -0.05) is 0 Å². The number of nitrogens with zero attached hydrogens (tertiary/aromatic N) is 4. The summed E-state index contributed by atoms with van der Waals surface area (Å²) in [6.45, 7) is 2.64. The van der Waals surface area contributed by atoms with E-state index in [2.05, 4.69) is 15.2 Å². The molecule has 3 rings (SSSR count). The summed E-state index contributed by atoms with van der Waals surface area (Å²) in [6.07, 6.45) is 12.1. The molecule has 2 aromatic heterocycles. The lowest BCUT2D eigenvalue weighted by molar-refractivity contribution is -0.133. The zero-order valence-corrected chi connectivity index (χ0v) is 12.8. The van der Waals surface area contributed by atoms with Gasteiger partial charge in [-0.15, -0.1) is 0 Å². The minimum absolute atomic E-state index is 0.287. The lowest BCUT2D eigenvalue weighted by Gasteiger charge is -2.32. The third-order valence-corrected chi connectivity index (χ3v) is 4.30. The molecule has 0 radical (unpaired) electrons. The number of rotatable bonds is 6. The number of aromatic amines is 1. The molecule has 0 saturated carbocycles. The van der Waals surface area contributed by atoms with Gasteiger partial charge in [-0.25, -0.2) is 4.98 Å². The molecule has 1 fully saturated rings. The van der Waals surface area contributed by atoms with Crippen LogP contribution in [-0.2, 0) is 17.8 Å². The van der Waals surface area contributed by atoms with E-state index in [1.807, 2.05) is 21.7 Å². The fourth-order valence-electron chi connectivity index (χ4n) is 3.16. The van der Waals surface area contributed by atoms with Crippen LogP contribution in [0.15, 0.2) is 31.0 Å². The van der Waals surface area contributed by atoms with E-state index in [-0.39, 0.29) is 5.91 Å². The Balaban J connectivity index is 1.43. The van der Waals surface area contributed by atoms with Crippen LogP contribution in [0.25, 0.3) is 0 Å². The normalized spacial score (nSPS) is 18.5. The fraction of sp³-hybridized carbons (Fsp3) is 0.562. The number of aryl methyl sites for hydroxylation is 1. The summed E-state index contributed by atoms with van der Waals surface area (Å²) >= 11 is 0. The quantitative estimate of drug-likeness (QED) is 0.885. The van der Waals surface area contributed by atoms with Crippen molar-refractivity contribution < 1.29 is 4.79 Å². The number of carbonyl (C=O) groups excluding carboxylic acids is 1. The SMILES string of the molecule is O=C(CCCn1ccnc1)N1CCC[C@H](Cc2ccn[nH]2)C1. The molecule has 1 atom stereocenters. The Bertz CT molecular complexity index is 563. The van der Waals surface area contributed by atoms with Gasteiger partial charge < -0.3 is 9.47 Å². The molecule has 2 aromatic rings. The lowest BCUT2D eigenvalue weighted by Crippen LogP contribution is -2.40. The maximum atomic E-state index is 12.4. The number of hydrogen-bond acceptors (Lipinski definition) is 3. The van der Waals surface area contributed by atoms with Gasteiger partial charge in [-0.2, -0.15) is 5.10 Å². The molecule has 0 aromatic carbocycles. The van der Waals surface area contributed by atoms with Gasteiger partial charge in [0.25, 0.3) is 0 Å². The number of carbonyl (C=O) groups is 1. The van der Waals surface area contributed by atoms with Crippen molar-refractivity contribution in [3.63, 3.8) is 0 Å². The van der Waals surface area contributed by atoms with E-state index >= 15 is 0 Å². The second kappa shape index (κ2) is 7.24. The minimum atomic E-state index is 0.287. The van der Waals surface area contributed by atoms with Crippen LogP contribution in [0.3, 0.4) is 0 Å². The molecule has 0 bridgehead atoms. The average molecular weight is 301 g/mol. The molecule has 1 saturated heterocycles. The number of H-pyrrole nitrogens is 1. The third-order valence-electron chi connectivity index (χ3n) is 4.30. The Morgan fingerprint density at radius 1 is 1.41 bits per heavy atom. The van der Waals surface area contributed by atoms with Crippen LogP contribution in [0, 0.1) is 5.92 Å². The number of imidazole rings is 1. The summed E-state index contributed by atoms with van der Waals surface area (Å²) in [5, 5.41) is 7.01. The van der Waals surface area contributed by atoms with E-state index in [0.29, 0.717) is 12.3 Å². The molecular formula is C16H23N5O. The molecule has 0 aliphatic carbocycles. The van der Waals surface area contributed by atoms with Crippen molar-refractivity contribution in [1.29, 1.82) is 0 Å². The molecule has 0 spiro atoms. The maximum Gasteiger partial charge on any atom is 0.222 e. The van der Waals surface area contributed by atoms with Crippen molar-refractivity contribution in [2.24, 2.45) is 5.92 Å². The summed E-state index contributed by atoms with van der Waals surface area (Å²) in [5.74, 6) is 0.834. The Labute approximate surface area is 130 Å². The Morgan fingerprint density at radius 2 is 2.36 bits per heavy atom. The molecule has 1 aliphatic rings. The van der Waals surface area contributed by atoms with E-state index in [0.717, 1.165) is 38.9 Å². The highest BCUT2D eigenvalue weighted by atomic mass is 16.2. The highest BCUT2D eigenvalue weighted by molar-refractivity contribution is 5.76. The van der Waals surface area contributed by atoms with Gasteiger partial charge in [-0.05, 0) is 37.7 Å². The van der Waals surface area contributed by atoms with E-state index in [9.17, 15) is 4.79 Å². The smallest absolute Gasteiger partial charge is 0.222 e. The van der Waals surface area contributed by atoms with Crippen LogP contribution >= 0.6 is 0 Å². The Hall–Kier alpha value is -2.11. The van der Waals surface area contributed by atoms with Crippen LogP contribution in [0.4, 0.5) is 0 Å². The molecule has 3 heterocycles. The number of hydrogen-bond donors (Lipinski definition) is 1. The minimum Gasteiger partial charge on any atom is -0.342 e. The van der Waals surface area contributed by atoms with Crippen LogP contribution in [-0.4, -0.2) is 43.6 Å². The molecule has 1 amide bonds.